The first kappa shape index (κ1) is 19.8. The maximum absolute atomic E-state index is 13.0. The number of hydrogen-bond donors (Lipinski definition) is 2. The molecular weight excluding hydrogens is 364 g/mol. The van der Waals surface area contributed by atoms with Gasteiger partial charge in [-0.15, -0.1) is 0 Å². The molecule has 9 nitrogen and oxygen atoms in total. The van der Waals surface area contributed by atoms with Crippen LogP contribution in [0.3, 0.4) is 0 Å². The predicted molar refractivity (Wildman–Crippen MR) is 102 cm³/mol. The molecule has 0 saturated carbocycles. The summed E-state index contributed by atoms with van der Waals surface area (Å²) in [5.74, 6) is -1.20. The fourth-order valence-electron chi connectivity index (χ4n) is 4.46. The van der Waals surface area contributed by atoms with Crippen molar-refractivity contribution >= 4 is 29.2 Å². The first-order chi connectivity index (χ1) is 13.1. The number of nitro benzene ring substituents is 1. The molecule has 28 heavy (non-hydrogen) atoms. The number of carbonyl (C=O) groups is 3. The standard InChI is InChI=1S/C19H24N4O5/c1-10(2)9-22-14-6-5-13(23(27)28)7-12(14)8-19(15(22)11(3)4)16(24)20-18(26)21-17(19)25/h5-7,10-11,15H,8-9H2,1-4H3,(H2,20,21,24,25,26)/t15-/m1/s1. The summed E-state index contributed by atoms with van der Waals surface area (Å²) in [6.45, 7) is 8.45. The maximum Gasteiger partial charge on any atom is 0.328 e. The molecule has 2 aliphatic rings. The Kier molecular flexibility index (Phi) is 4.86. The van der Waals surface area contributed by atoms with Gasteiger partial charge in [-0.05, 0) is 23.5 Å². The third-order valence-electron chi connectivity index (χ3n) is 5.35. The van der Waals surface area contributed by atoms with E-state index < -0.39 is 34.2 Å². The van der Waals surface area contributed by atoms with Crippen molar-refractivity contribution < 1.29 is 19.3 Å². The number of fused-ring (bicyclic) bond motifs is 1. The molecule has 0 aromatic heterocycles. The monoisotopic (exact) mass is 388 g/mol. The minimum absolute atomic E-state index is 0.00754. The van der Waals surface area contributed by atoms with Gasteiger partial charge >= 0.3 is 6.03 Å². The molecule has 1 atom stereocenters. The second-order valence-corrected chi connectivity index (χ2v) is 8.19. The zero-order valence-electron chi connectivity index (χ0n) is 16.3. The van der Waals surface area contributed by atoms with Crippen LogP contribution in [0.25, 0.3) is 0 Å². The summed E-state index contributed by atoms with van der Waals surface area (Å²) in [6.07, 6.45) is -0.00754. The first-order valence-corrected chi connectivity index (χ1v) is 9.28. The van der Waals surface area contributed by atoms with E-state index in [1.54, 1.807) is 6.07 Å². The maximum atomic E-state index is 13.0. The van der Waals surface area contributed by atoms with Crippen LogP contribution >= 0.6 is 0 Å². The fourth-order valence-corrected chi connectivity index (χ4v) is 4.46. The molecule has 0 aliphatic carbocycles. The normalized spacial score (nSPS) is 21.0. The summed E-state index contributed by atoms with van der Waals surface area (Å²) < 4.78 is 0. The van der Waals surface area contributed by atoms with Crippen LogP contribution in [0.5, 0.6) is 0 Å². The number of benzene rings is 1. The van der Waals surface area contributed by atoms with Gasteiger partial charge in [-0.1, -0.05) is 27.7 Å². The summed E-state index contributed by atoms with van der Waals surface area (Å²) >= 11 is 0. The van der Waals surface area contributed by atoms with E-state index in [1.807, 2.05) is 32.6 Å². The molecule has 2 aliphatic heterocycles. The van der Waals surface area contributed by atoms with Gasteiger partial charge in [-0.3, -0.25) is 30.3 Å². The van der Waals surface area contributed by atoms with Crippen molar-refractivity contribution in [3.8, 4) is 0 Å². The molecule has 0 radical (unpaired) electrons. The van der Waals surface area contributed by atoms with E-state index in [9.17, 15) is 24.5 Å². The Morgan fingerprint density at radius 1 is 1.18 bits per heavy atom. The first-order valence-electron chi connectivity index (χ1n) is 9.28. The van der Waals surface area contributed by atoms with Gasteiger partial charge in [-0.25, -0.2) is 4.79 Å². The Balaban J connectivity index is 2.25. The van der Waals surface area contributed by atoms with Gasteiger partial charge in [0.05, 0.1) is 11.0 Å². The highest BCUT2D eigenvalue weighted by atomic mass is 16.6. The average molecular weight is 388 g/mol. The van der Waals surface area contributed by atoms with Crippen LogP contribution in [0.1, 0.15) is 33.3 Å². The molecule has 150 valence electrons. The lowest BCUT2D eigenvalue weighted by Gasteiger charge is -2.52. The van der Waals surface area contributed by atoms with Crippen LogP contribution < -0.4 is 15.5 Å². The zero-order chi connectivity index (χ0) is 20.8. The van der Waals surface area contributed by atoms with E-state index in [4.69, 9.17) is 0 Å². The molecule has 4 amide bonds. The second-order valence-electron chi connectivity index (χ2n) is 8.19. The van der Waals surface area contributed by atoms with E-state index >= 15 is 0 Å². The third kappa shape index (κ3) is 3.00. The predicted octanol–water partition coefficient (Wildman–Crippen LogP) is 1.99. The van der Waals surface area contributed by atoms with E-state index in [0.29, 0.717) is 12.1 Å². The van der Waals surface area contributed by atoms with Gasteiger partial charge < -0.3 is 4.90 Å². The SMILES string of the molecule is CC(C)CN1c2ccc([N+](=O)[O-])cc2CC2(C(=O)NC(=O)NC2=O)[C@H]1C(C)C. The molecule has 9 heteroatoms. The Hall–Kier alpha value is -2.97. The Morgan fingerprint density at radius 3 is 2.29 bits per heavy atom. The molecule has 3 rings (SSSR count). The molecule has 0 bridgehead atoms. The summed E-state index contributed by atoms with van der Waals surface area (Å²) in [6, 6.07) is 3.19. The number of urea groups is 1. The van der Waals surface area contributed by atoms with Gasteiger partial charge in [0.2, 0.25) is 11.8 Å². The zero-order valence-corrected chi connectivity index (χ0v) is 16.3. The third-order valence-corrected chi connectivity index (χ3v) is 5.35. The van der Waals surface area contributed by atoms with Crippen LogP contribution in [0.4, 0.5) is 16.2 Å². The van der Waals surface area contributed by atoms with Gasteiger partial charge in [-0.2, -0.15) is 0 Å². The number of carbonyl (C=O) groups excluding carboxylic acids is 3. The number of barbiturate groups is 1. The van der Waals surface area contributed by atoms with Gasteiger partial charge in [0, 0.05) is 30.8 Å². The van der Waals surface area contributed by atoms with Crippen LogP contribution in [0.2, 0.25) is 0 Å². The van der Waals surface area contributed by atoms with Crippen LogP contribution in [-0.4, -0.2) is 35.4 Å². The Labute approximate surface area is 162 Å². The number of anilines is 1. The van der Waals surface area contributed by atoms with E-state index in [1.165, 1.54) is 12.1 Å². The minimum Gasteiger partial charge on any atom is -0.366 e. The van der Waals surface area contributed by atoms with Crippen molar-refractivity contribution in [2.24, 2.45) is 17.3 Å². The van der Waals surface area contributed by atoms with Gasteiger partial charge in [0.25, 0.3) is 5.69 Å². The topological polar surface area (TPSA) is 122 Å². The van der Waals surface area contributed by atoms with Crippen LogP contribution in [0, 0.1) is 27.4 Å². The lowest BCUT2D eigenvalue weighted by Crippen LogP contribution is -2.72. The molecule has 1 aromatic carbocycles. The smallest absolute Gasteiger partial charge is 0.328 e. The van der Waals surface area contributed by atoms with Gasteiger partial charge in [0.15, 0.2) is 5.41 Å². The lowest BCUT2D eigenvalue weighted by molar-refractivity contribution is -0.384. The fraction of sp³-hybridized carbons (Fsp3) is 0.526. The van der Waals surface area contributed by atoms with Crippen molar-refractivity contribution in [3.05, 3.63) is 33.9 Å². The molecular formula is C19H24N4O5. The minimum atomic E-state index is -1.54. The number of non-ortho nitro benzene ring substituents is 1. The molecule has 2 N–H and O–H groups in total. The number of hydrogen-bond acceptors (Lipinski definition) is 6. The molecule has 2 heterocycles. The van der Waals surface area contributed by atoms with Crippen LogP contribution in [0.15, 0.2) is 18.2 Å². The Bertz CT molecular complexity index is 844. The van der Waals surface area contributed by atoms with Crippen molar-refractivity contribution in [1.29, 1.82) is 0 Å². The molecule has 1 aromatic rings. The summed E-state index contributed by atoms with van der Waals surface area (Å²) in [5, 5.41) is 15.7. The van der Waals surface area contributed by atoms with Crippen molar-refractivity contribution in [3.63, 3.8) is 0 Å². The second kappa shape index (κ2) is 6.88. The summed E-state index contributed by atoms with van der Waals surface area (Å²) in [7, 11) is 0. The number of nitro groups is 1. The Morgan fingerprint density at radius 2 is 1.79 bits per heavy atom. The van der Waals surface area contributed by atoms with Crippen molar-refractivity contribution in [2.75, 3.05) is 11.4 Å². The summed E-state index contributed by atoms with van der Waals surface area (Å²) in [5.41, 5.74) is -0.319. The number of nitrogens with zero attached hydrogens (tertiary/aromatic N) is 2. The largest absolute Gasteiger partial charge is 0.366 e. The van der Waals surface area contributed by atoms with E-state index in [2.05, 4.69) is 10.6 Å². The highest BCUT2D eigenvalue weighted by Crippen LogP contribution is 2.46. The van der Waals surface area contributed by atoms with Gasteiger partial charge in [0.1, 0.15) is 0 Å². The lowest BCUT2D eigenvalue weighted by atomic mass is 9.65. The number of imide groups is 2. The van der Waals surface area contributed by atoms with E-state index in [0.717, 1.165) is 5.69 Å². The highest BCUT2D eigenvalue weighted by Gasteiger charge is 2.60. The molecule has 1 spiro atoms. The molecule has 0 unspecified atom stereocenters. The quantitative estimate of drug-likeness (QED) is 0.462. The van der Waals surface area contributed by atoms with Crippen molar-refractivity contribution in [2.45, 2.75) is 40.2 Å². The highest BCUT2D eigenvalue weighted by molar-refractivity contribution is 6.20. The van der Waals surface area contributed by atoms with E-state index in [-0.39, 0.29) is 23.9 Å². The van der Waals surface area contributed by atoms with Crippen LogP contribution in [-0.2, 0) is 16.0 Å². The van der Waals surface area contributed by atoms with Crippen molar-refractivity contribution in [1.82, 2.24) is 10.6 Å². The molecule has 1 saturated heterocycles. The number of nitrogens with one attached hydrogen (secondary N) is 2. The molecule has 1 fully saturated rings. The summed E-state index contributed by atoms with van der Waals surface area (Å²) in [4.78, 5) is 50.4. The average Bonchev–Trinajstić information content (AvgIpc) is 2.58. The number of rotatable bonds is 4. The number of amides is 4.